The third kappa shape index (κ3) is 7.08. The van der Waals surface area contributed by atoms with Crippen molar-refractivity contribution in [3.8, 4) is 0 Å². The molecule has 245 valence electrons. The van der Waals surface area contributed by atoms with E-state index in [0.29, 0.717) is 5.92 Å². The van der Waals surface area contributed by atoms with Gasteiger partial charge in [-0.15, -0.1) is 33.4 Å². The zero-order valence-electron chi connectivity index (χ0n) is 29.3. The van der Waals surface area contributed by atoms with Gasteiger partial charge in [-0.1, -0.05) is 174 Å². The second-order valence-corrected chi connectivity index (χ2v) is 15.4. The first-order valence-electron chi connectivity index (χ1n) is 17.1. The maximum absolute atomic E-state index is 4.09. The Bertz CT molecular complexity index is 2010. The molecule has 1 radical (unpaired) electrons. The molecule has 0 bridgehead atoms. The number of hydrogen-bond donors (Lipinski definition) is 0. The number of allylic oxidation sites excluding steroid dienone is 4. The molecule has 0 spiro atoms. The molecule has 0 aromatic heterocycles. The van der Waals surface area contributed by atoms with Gasteiger partial charge in [-0.05, 0) is 63.5 Å². The summed E-state index contributed by atoms with van der Waals surface area (Å²) in [6.07, 6.45) is 18.5. The first-order valence-corrected chi connectivity index (χ1v) is 17.1. The Morgan fingerprint density at radius 1 is 0.729 bits per heavy atom. The van der Waals surface area contributed by atoms with E-state index in [2.05, 4.69) is 145 Å². The van der Waals surface area contributed by atoms with Crippen molar-refractivity contribution in [1.82, 2.24) is 0 Å². The van der Waals surface area contributed by atoms with Gasteiger partial charge in [-0.25, -0.2) is 0 Å². The van der Waals surface area contributed by atoms with E-state index in [0.717, 1.165) is 6.42 Å². The summed E-state index contributed by atoms with van der Waals surface area (Å²) >= 11 is 0. The minimum absolute atomic E-state index is 0. The number of benzene rings is 4. The van der Waals surface area contributed by atoms with Crippen LogP contribution in [-0.4, -0.2) is 0 Å². The molecule has 0 unspecified atom stereocenters. The normalized spacial score (nSPS) is 15.2. The van der Waals surface area contributed by atoms with Crippen LogP contribution in [0.2, 0.25) is 0 Å². The third-order valence-corrected chi connectivity index (χ3v) is 10.2. The number of hydrogen-bond acceptors (Lipinski definition) is 0. The van der Waals surface area contributed by atoms with E-state index in [1.165, 1.54) is 91.9 Å². The van der Waals surface area contributed by atoms with Gasteiger partial charge in [0, 0.05) is 0 Å². The molecule has 3 heteroatoms. The summed E-state index contributed by atoms with van der Waals surface area (Å²) in [6, 6.07) is 29.6. The Hall–Kier alpha value is -2.44. The fourth-order valence-electron chi connectivity index (χ4n) is 8.09. The van der Waals surface area contributed by atoms with Gasteiger partial charge in [0.2, 0.25) is 0 Å². The van der Waals surface area contributed by atoms with Gasteiger partial charge in [0.1, 0.15) is 0 Å². The predicted molar refractivity (Wildman–Crippen MR) is 192 cm³/mol. The Labute approximate surface area is 319 Å². The van der Waals surface area contributed by atoms with Crippen LogP contribution in [0.15, 0.2) is 97.1 Å². The van der Waals surface area contributed by atoms with Crippen LogP contribution >= 0.6 is 0 Å². The van der Waals surface area contributed by atoms with Crippen molar-refractivity contribution in [2.24, 2.45) is 0 Å². The van der Waals surface area contributed by atoms with E-state index in [-0.39, 0.29) is 61.8 Å². The van der Waals surface area contributed by atoms with Crippen LogP contribution in [-0.2, 0) is 37.0 Å². The van der Waals surface area contributed by atoms with Crippen LogP contribution in [0, 0.1) is 10.4 Å². The van der Waals surface area contributed by atoms with Crippen molar-refractivity contribution >= 4 is 17.2 Å². The van der Waals surface area contributed by atoms with Crippen LogP contribution in [0.1, 0.15) is 125 Å². The molecular formula is C45H47Cl2Zr. The van der Waals surface area contributed by atoms with Crippen LogP contribution < -0.4 is 35.3 Å². The summed E-state index contributed by atoms with van der Waals surface area (Å²) in [5, 5.41) is 5.42. The molecule has 0 nitrogen and oxygen atoms in total. The molecule has 0 heterocycles. The van der Waals surface area contributed by atoms with Crippen LogP contribution in [0.25, 0.3) is 17.2 Å². The summed E-state index contributed by atoms with van der Waals surface area (Å²) < 4.78 is 0. The molecule has 1 saturated carbocycles. The molecule has 4 aromatic carbocycles. The first kappa shape index (κ1) is 38.4. The van der Waals surface area contributed by atoms with Gasteiger partial charge in [-0.3, -0.25) is 0 Å². The minimum atomic E-state index is -0.0408. The smallest absolute Gasteiger partial charge is 1.00 e. The zero-order valence-corrected chi connectivity index (χ0v) is 33.3. The molecule has 7 rings (SSSR count). The molecule has 0 amide bonds. The molecule has 0 saturated heterocycles. The fraction of sp³-hybridized carbons (Fsp3) is 0.333. The minimum Gasteiger partial charge on any atom is -1.00 e. The summed E-state index contributed by atoms with van der Waals surface area (Å²) in [7, 11) is 0. The fourth-order valence-corrected chi connectivity index (χ4v) is 8.09. The second-order valence-electron chi connectivity index (χ2n) is 15.4. The van der Waals surface area contributed by atoms with Crippen molar-refractivity contribution in [2.45, 2.75) is 96.8 Å². The maximum atomic E-state index is 4.09. The Morgan fingerprint density at radius 2 is 1.33 bits per heavy atom. The Balaban J connectivity index is 0.00000173. The monoisotopic (exact) mass is 747 g/mol. The summed E-state index contributed by atoms with van der Waals surface area (Å²) in [6.45, 7) is 14.3. The van der Waals surface area contributed by atoms with E-state index in [4.69, 9.17) is 0 Å². The maximum Gasteiger partial charge on any atom is 3.00 e. The number of fused-ring (bicyclic) bond motifs is 2. The Kier molecular flexibility index (Phi) is 12.2. The van der Waals surface area contributed by atoms with Gasteiger partial charge < -0.3 is 24.8 Å². The SMILES string of the molecule is CC(C)(C)c1ccc2c(c1)=[C-]c1c(C3=CC=CC3)c(C(C)(C)C)c(C3CCCCC3)c(=C(c3ccccc3)c3ccccc3)c1=2.[Cl-].[Cl-].[Zr+3]. The van der Waals surface area contributed by atoms with Gasteiger partial charge in [0.05, 0.1) is 0 Å². The van der Waals surface area contributed by atoms with Crippen molar-refractivity contribution in [1.29, 1.82) is 0 Å². The van der Waals surface area contributed by atoms with Crippen molar-refractivity contribution in [2.75, 3.05) is 0 Å². The summed E-state index contributed by atoms with van der Waals surface area (Å²) in [4.78, 5) is 0. The third-order valence-electron chi connectivity index (χ3n) is 10.2. The molecule has 0 atom stereocenters. The van der Waals surface area contributed by atoms with Crippen molar-refractivity contribution in [3.63, 3.8) is 0 Å². The Morgan fingerprint density at radius 3 is 1.85 bits per heavy atom. The van der Waals surface area contributed by atoms with E-state index < -0.39 is 0 Å². The summed E-state index contributed by atoms with van der Waals surface area (Å²) in [5.41, 5.74) is 12.7. The molecule has 3 aliphatic carbocycles. The van der Waals surface area contributed by atoms with Gasteiger partial charge >= 0.3 is 26.2 Å². The quantitative estimate of drug-likeness (QED) is 0.242. The zero-order chi connectivity index (χ0) is 31.3. The standard InChI is InChI=1S/C45H47.2ClH.Zr/c1-44(2,3)35-26-27-36-34(28-35)29-37-39(32-24-16-17-25-32)43(45(4,5)6)40(33-22-14-9-15-23-33)42(41(36)37)38(30-18-10-7-11-19-30)31-20-12-8-13-21-31;;;/h7-8,10-13,16-21,24,26-28,33H,9,14-15,22-23,25H2,1-6H3;2*1H;/q-1;;;+3/p-2. The average molecular weight is 750 g/mol. The van der Waals surface area contributed by atoms with Crippen molar-refractivity contribution in [3.05, 3.63) is 157 Å². The van der Waals surface area contributed by atoms with E-state index in [9.17, 15) is 0 Å². The molecular weight excluding hydrogens is 703 g/mol. The molecule has 1 fully saturated rings. The van der Waals surface area contributed by atoms with Crippen LogP contribution in [0.4, 0.5) is 0 Å². The van der Waals surface area contributed by atoms with E-state index >= 15 is 0 Å². The topological polar surface area (TPSA) is 0 Å². The van der Waals surface area contributed by atoms with Gasteiger partial charge in [0.25, 0.3) is 0 Å². The summed E-state index contributed by atoms with van der Waals surface area (Å²) in [5.74, 6) is 0.530. The molecule has 0 aliphatic heterocycles. The van der Waals surface area contributed by atoms with Gasteiger partial charge in [-0.2, -0.15) is 0 Å². The second kappa shape index (κ2) is 15.2. The average Bonchev–Trinajstić information content (AvgIpc) is 3.70. The number of rotatable bonds is 4. The first-order chi connectivity index (χ1) is 21.6. The van der Waals surface area contributed by atoms with Crippen LogP contribution in [0.3, 0.4) is 0 Å². The molecule has 4 aromatic rings. The van der Waals surface area contributed by atoms with E-state index in [1.54, 1.807) is 11.1 Å². The molecule has 48 heavy (non-hydrogen) atoms. The molecule has 3 aliphatic rings. The van der Waals surface area contributed by atoms with Crippen molar-refractivity contribution < 1.29 is 51.0 Å². The predicted octanol–water partition coefficient (Wildman–Crippen LogP) is 4.23. The number of halogens is 2. The molecule has 0 N–H and O–H groups in total. The largest absolute Gasteiger partial charge is 3.00 e. The van der Waals surface area contributed by atoms with E-state index in [1.807, 2.05) is 0 Å². The van der Waals surface area contributed by atoms with Crippen LogP contribution in [0.5, 0.6) is 0 Å². The van der Waals surface area contributed by atoms with Gasteiger partial charge in [0.15, 0.2) is 0 Å².